The molecule has 0 saturated carbocycles. The molecule has 0 aliphatic carbocycles. The Hall–Kier alpha value is -2.25. The normalized spacial score (nSPS) is 10.3. The third kappa shape index (κ3) is 3.37. The van der Waals surface area contributed by atoms with E-state index >= 15 is 0 Å². The van der Waals surface area contributed by atoms with Crippen molar-refractivity contribution in [1.29, 1.82) is 0 Å². The lowest BCUT2D eigenvalue weighted by Gasteiger charge is -2.10. The van der Waals surface area contributed by atoms with Crippen molar-refractivity contribution in [2.45, 2.75) is 19.9 Å². The fraction of sp³-hybridized carbons (Fsp3) is 0.300. The minimum atomic E-state index is -1.21. The second-order valence-electron chi connectivity index (χ2n) is 3.79. The first-order chi connectivity index (χ1) is 8.31. The van der Waals surface area contributed by atoms with E-state index in [-0.39, 0.29) is 6.04 Å². The van der Waals surface area contributed by atoms with Gasteiger partial charge in [-0.25, -0.2) is 13.6 Å². The van der Waals surface area contributed by atoms with Crippen molar-refractivity contribution in [1.82, 2.24) is 5.32 Å². The van der Waals surface area contributed by atoms with Crippen LogP contribution in [0.5, 0.6) is 0 Å². The Morgan fingerprint density at radius 2 is 2.00 bits per heavy atom. The van der Waals surface area contributed by atoms with Gasteiger partial charge in [-0.05, 0) is 13.8 Å². The Bertz CT molecular complexity index is 492. The highest BCUT2D eigenvalue weighted by Crippen LogP contribution is 2.28. The summed E-state index contributed by atoms with van der Waals surface area (Å²) in [4.78, 5) is 21.0. The van der Waals surface area contributed by atoms with Crippen LogP contribution >= 0.6 is 0 Å². The molecule has 0 aliphatic heterocycles. The predicted octanol–water partition coefficient (Wildman–Crippen LogP) is 2.40. The molecule has 1 aromatic carbocycles. The average molecular weight is 259 g/mol. The largest absolute Gasteiger partial charge is 0.336 e. The van der Waals surface area contributed by atoms with Crippen molar-refractivity contribution in [3.8, 4) is 0 Å². The molecule has 8 heteroatoms. The number of nitro benzene ring substituents is 1. The number of carbonyl (C=O) groups excluding carboxylic acids is 1. The molecule has 2 N–H and O–H groups in total. The molecular weight excluding hydrogens is 248 g/mol. The lowest BCUT2D eigenvalue weighted by atomic mass is 10.2. The van der Waals surface area contributed by atoms with Crippen molar-refractivity contribution in [2.75, 3.05) is 5.32 Å². The number of halogens is 2. The molecule has 1 rings (SSSR count). The first-order valence-electron chi connectivity index (χ1n) is 5.02. The summed E-state index contributed by atoms with van der Waals surface area (Å²) in [5.74, 6) is -2.30. The van der Waals surface area contributed by atoms with Crippen molar-refractivity contribution in [2.24, 2.45) is 0 Å². The van der Waals surface area contributed by atoms with Gasteiger partial charge >= 0.3 is 6.03 Å². The summed E-state index contributed by atoms with van der Waals surface area (Å²) < 4.78 is 26.2. The molecule has 2 amide bonds. The molecule has 1 aromatic rings. The molecule has 0 unspecified atom stereocenters. The predicted molar refractivity (Wildman–Crippen MR) is 60.3 cm³/mol. The number of rotatable bonds is 3. The van der Waals surface area contributed by atoms with Crippen LogP contribution in [0.3, 0.4) is 0 Å². The molecule has 0 heterocycles. The zero-order valence-electron chi connectivity index (χ0n) is 9.66. The summed E-state index contributed by atoms with van der Waals surface area (Å²) in [6, 6.07) is -0.0438. The van der Waals surface area contributed by atoms with E-state index in [2.05, 4.69) is 5.32 Å². The second kappa shape index (κ2) is 5.39. The number of amides is 2. The van der Waals surface area contributed by atoms with Crippen LogP contribution in [0, 0.1) is 21.7 Å². The van der Waals surface area contributed by atoms with Crippen LogP contribution in [0.4, 0.5) is 25.0 Å². The molecule has 0 aromatic heterocycles. The molecule has 98 valence electrons. The Kier molecular flexibility index (Phi) is 4.13. The van der Waals surface area contributed by atoms with Gasteiger partial charge in [0.15, 0.2) is 11.5 Å². The smallest absolute Gasteiger partial charge is 0.319 e. The van der Waals surface area contributed by atoms with Crippen LogP contribution in [0.25, 0.3) is 0 Å². The van der Waals surface area contributed by atoms with Crippen molar-refractivity contribution in [3.63, 3.8) is 0 Å². The number of hydrogen-bond acceptors (Lipinski definition) is 3. The summed E-state index contributed by atoms with van der Waals surface area (Å²) in [7, 11) is 0. The fourth-order valence-electron chi connectivity index (χ4n) is 1.24. The van der Waals surface area contributed by atoms with Gasteiger partial charge in [-0.1, -0.05) is 0 Å². The average Bonchev–Trinajstić information content (AvgIpc) is 2.20. The molecule has 6 nitrogen and oxygen atoms in total. The van der Waals surface area contributed by atoms with E-state index in [1.807, 2.05) is 5.32 Å². The number of anilines is 1. The maximum atomic E-state index is 13.4. The van der Waals surface area contributed by atoms with Crippen LogP contribution in [0.15, 0.2) is 12.1 Å². The van der Waals surface area contributed by atoms with Crippen LogP contribution < -0.4 is 10.6 Å². The second-order valence-corrected chi connectivity index (χ2v) is 3.79. The Morgan fingerprint density at radius 1 is 1.39 bits per heavy atom. The number of hydrogen-bond donors (Lipinski definition) is 2. The quantitative estimate of drug-likeness (QED) is 0.645. The molecule has 18 heavy (non-hydrogen) atoms. The molecule has 0 saturated heterocycles. The highest BCUT2D eigenvalue weighted by atomic mass is 19.1. The third-order valence-electron chi connectivity index (χ3n) is 1.89. The Balaban J connectivity index is 3.07. The standard InChI is InChI=1S/C10H11F2N3O3/c1-5(2)13-10(16)14-9-7(12)3-6(11)4-8(9)15(17)18/h3-5H,1-2H3,(H2,13,14,16). The molecule has 0 spiro atoms. The monoisotopic (exact) mass is 259 g/mol. The maximum Gasteiger partial charge on any atom is 0.319 e. The van der Waals surface area contributed by atoms with Gasteiger partial charge in [0.1, 0.15) is 5.82 Å². The molecule has 0 aliphatic rings. The molecule has 0 radical (unpaired) electrons. The molecule has 0 bridgehead atoms. The van der Waals surface area contributed by atoms with Crippen LogP contribution in [-0.2, 0) is 0 Å². The van der Waals surface area contributed by atoms with Crippen LogP contribution in [0.2, 0.25) is 0 Å². The topological polar surface area (TPSA) is 84.3 Å². The SMILES string of the molecule is CC(C)NC(=O)Nc1c(F)cc(F)cc1[N+](=O)[O-]. The zero-order chi connectivity index (χ0) is 13.9. The van der Waals surface area contributed by atoms with E-state index in [1.165, 1.54) is 0 Å². The number of carbonyl (C=O) groups is 1. The maximum absolute atomic E-state index is 13.4. The van der Waals surface area contributed by atoms with Crippen molar-refractivity contribution >= 4 is 17.4 Å². The lowest BCUT2D eigenvalue weighted by molar-refractivity contribution is -0.384. The van der Waals surface area contributed by atoms with E-state index in [4.69, 9.17) is 0 Å². The number of nitrogens with one attached hydrogen (secondary N) is 2. The minimum Gasteiger partial charge on any atom is -0.336 e. The van der Waals surface area contributed by atoms with Gasteiger partial charge in [-0.15, -0.1) is 0 Å². The van der Waals surface area contributed by atoms with E-state index in [0.29, 0.717) is 12.1 Å². The van der Waals surface area contributed by atoms with Gasteiger partial charge in [0.25, 0.3) is 5.69 Å². The first kappa shape index (κ1) is 13.8. The Morgan fingerprint density at radius 3 is 2.50 bits per heavy atom. The zero-order valence-corrected chi connectivity index (χ0v) is 9.66. The molecular formula is C10H11F2N3O3. The van der Waals surface area contributed by atoms with Crippen molar-refractivity contribution < 1.29 is 18.5 Å². The minimum absolute atomic E-state index is 0.229. The number of nitrogens with zero attached hydrogens (tertiary/aromatic N) is 1. The summed E-state index contributed by atoms with van der Waals surface area (Å²) in [5, 5.41) is 15.0. The molecule has 0 atom stereocenters. The first-order valence-corrected chi connectivity index (χ1v) is 5.02. The van der Waals surface area contributed by atoms with Gasteiger partial charge in [-0.2, -0.15) is 0 Å². The molecule has 0 fully saturated rings. The van der Waals surface area contributed by atoms with Gasteiger partial charge < -0.3 is 5.32 Å². The fourth-order valence-corrected chi connectivity index (χ4v) is 1.24. The highest BCUT2D eigenvalue weighted by molar-refractivity contribution is 5.92. The van der Waals surface area contributed by atoms with Crippen LogP contribution in [0.1, 0.15) is 13.8 Å². The Labute approximate surface area is 101 Å². The van der Waals surface area contributed by atoms with Gasteiger partial charge in [0.05, 0.1) is 11.0 Å². The summed E-state index contributed by atoms with van der Waals surface area (Å²) >= 11 is 0. The summed E-state index contributed by atoms with van der Waals surface area (Å²) in [6.45, 7) is 3.32. The number of nitro groups is 1. The highest BCUT2D eigenvalue weighted by Gasteiger charge is 2.22. The van der Waals surface area contributed by atoms with Gasteiger partial charge in [0.2, 0.25) is 0 Å². The lowest BCUT2D eigenvalue weighted by Crippen LogP contribution is -2.34. The van der Waals surface area contributed by atoms with Gasteiger partial charge in [0, 0.05) is 12.1 Å². The summed E-state index contributed by atoms with van der Waals surface area (Å²) in [5.41, 5.74) is -1.51. The summed E-state index contributed by atoms with van der Waals surface area (Å²) in [6.07, 6.45) is 0. The van der Waals surface area contributed by atoms with E-state index in [1.54, 1.807) is 13.8 Å². The third-order valence-corrected chi connectivity index (χ3v) is 1.89. The van der Waals surface area contributed by atoms with Crippen LogP contribution in [-0.4, -0.2) is 17.0 Å². The van der Waals surface area contributed by atoms with E-state index in [9.17, 15) is 23.7 Å². The van der Waals surface area contributed by atoms with E-state index < -0.39 is 34.0 Å². The van der Waals surface area contributed by atoms with E-state index in [0.717, 1.165) is 0 Å². The number of urea groups is 1. The van der Waals surface area contributed by atoms with Crippen molar-refractivity contribution in [3.05, 3.63) is 33.9 Å². The number of benzene rings is 1. The van der Waals surface area contributed by atoms with Gasteiger partial charge in [-0.3, -0.25) is 15.4 Å².